The van der Waals surface area contributed by atoms with Gasteiger partial charge in [-0.25, -0.2) is 4.85 Å². The van der Waals surface area contributed by atoms with Gasteiger partial charge in [-0.3, -0.25) is 0 Å². The van der Waals surface area contributed by atoms with Gasteiger partial charge in [-0.1, -0.05) is 168 Å². The highest BCUT2D eigenvalue weighted by molar-refractivity contribution is 6.14. The predicted octanol–water partition coefficient (Wildman–Crippen LogP) is 21.0. The lowest BCUT2D eigenvalue weighted by molar-refractivity contribution is -0.137. The fourth-order valence-corrected chi connectivity index (χ4v) is 11.9. The fraction of sp³-hybridized carbons (Fsp3) is 0.0822. The maximum absolute atomic E-state index is 14.2. The maximum atomic E-state index is 14.2. The van der Waals surface area contributed by atoms with Gasteiger partial charge in [0.05, 0.1) is 39.9 Å². The number of aryl methyl sites for hydroxylation is 5. The van der Waals surface area contributed by atoms with E-state index in [2.05, 4.69) is 230 Å². The minimum absolute atomic E-state index is 0.437. The molecule has 380 valence electrons. The molecular formula is C73H52F3N3. The van der Waals surface area contributed by atoms with Crippen molar-refractivity contribution in [2.45, 2.75) is 40.8 Å². The van der Waals surface area contributed by atoms with Crippen molar-refractivity contribution >= 4 is 49.3 Å². The van der Waals surface area contributed by atoms with Crippen LogP contribution in [0.25, 0.3) is 127 Å². The first-order valence-corrected chi connectivity index (χ1v) is 26.6. The summed E-state index contributed by atoms with van der Waals surface area (Å²) < 4.78 is 47.3. The Morgan fingerprint density at radius 2 is 0.722 bits per heavy atom. The molecule has 0 bridgehead atoms. The molecule has 0 spiro atoms. The molecule has 0 saturated heterocycles. The second-order valence-electron chi connectivity index (χ2n) is 21.1. The summed E-state index contributed by atoms with van der Waals surface area (Å²) >= 11 is 0. The van der Waals surface area contributed by atoms with Crippen molar-refractivity contribution in [3.63, 3.8) is 0 Å². The Morgan fingerprint density at radius 1 is 0.342 bits per heavy atom. The predicted molar refractivity (Wildman–Crippen MR) is 323 cm³/mol. The van der Waals surface area contributed by atoms with E-state index in [1.54, 1.807) is 13.0 Å². The van der Waals surface area contributed by atoms with Crippen LogP contribution in [0.15, 0.2) is 224 Å². The summed E-state index contributed by atoms with van der Waals surface area (Å²) in [6.07, 6.45) is -4.50. The molecule has 0 aliphatic rings. The number of benzene rings is 11. The standard InChI is InChI=1S/C73H52F3N3/c1-44-12-7-16-49(34-44)53-22-29-66-60(39-53)61-40-54(50-17-8-13-45(2)35-50)23-30-67(61)78(66)70-33-26-57(59-28-27-58(38-48(59)5)73(74,75)76)43-64(70)72-65(77-6)20-11-21-71(72)79-68-31-24-55(51-18-9-14-46(3)36-51)41-62(68)63-42-56(25-32-69(63)79)52-19-10-15-47(4)37-52/h7-43H,1-5H3. The normalized spacial score (nSPS) is 11.8. The number of alkyl halides is 3. The van der Waals surface area contributed by atoms with Gasteiger partial charge < -0.3 is 9.13 Å². The molecule has 0 unspecified atom stereocenters. The van der Waals surface area contributed by atoms with E-state index in [9.17, 15) is 13.2 Å². The highest BCUT2D eigenvalue weighted by atomic mass is 19.4. The van der Waals surface area contributed by atoms with Gasteiger partial charge in [-0.15, -0.1) is 0 Å². The van der Waals surface area contributed by atoms with Crippen LogP contribution in [-0.2, 0) is 6.18 Å². The zero-order valence-electron chi connectivity index (χ0n) is 44.3. The van der Waals surface area contributed by atoms with Crippen molar-refractivity contribution in [3.8, 4) is 78.1 Å². The van der Waals surface area contributed by atoms with Gasteiger partial charge in [0.1, 0.15) is 0 Å². The van der Waals surface area contributed by atoms with Crippen molar-refractivity contribution in [1.82, 2.24) is 9.13 Å². The molecule has 79 heavy (non-hydrogen) atoms. The van der Waals surface area contributed by atoms with Crippen molar-refractivity contribution in [1.29, 1.82) is 0 Å². The van der Waals surface area contributed by atoms with Crippen LogP contribution in [0.2, 0.25) is 0 Å². The van der Waals surface area contributed by atoms with Gasteiger partial charge in [-0.05, 0) is 180 Å². The molecule has 6 heteroatoms. The summed E-state index contributed by atoms with van der Waals surface area (Å²) in [7, 11) is 0. The second kappa shape index (κ2) is 19.1. The highest BCUT2D eigenvalue weighted by Gasteiger charge is 2.31. The lowest BCUT2D eigenvalue weighted by Gasteiger charge is -2.21. The van der Waals surface area contributed by atoms with Crippen LogP contribution in [0.5, 0.6) is 0 Å². The number of hydrogen-bond acceptors (Lipinski definition) is 0. The molecule has 0 saturated carbocycles. The van der Waals surface area contributed by atoms with E-state index in [1.807, 2.05) is 18.2 Å². The monoisotopic (exact) mass is 1030 g/mol. The quantitative estimate of drug-likeness (QED) is 0.135. The van der Waals surface area contributed by atoms with E-state index in [4.69, 9.17) is 6.57 Å². The van der Waals surface area contributed by atoms with Crippen molar-refractivity contribution in [2.75, 3.05) is 0 Å². The Hall–Kier alpha value is -9.70. The molecular weight excluding hydrogens is 976 g/mol. The smallest absolute Gasteiger partial charge is 0.310 e. The highest BCUT2D eigenvalue weighted by Crippen LogP contribution is 2.48. The third-order valence-electron chi connectivity index (χ3n) is 15.7. The van der Waals surface area contributed by atoms with Crippen LogP contribution in [0.4, 0.5) is 18.9 Å². The topological polar surface area (TPSA) is 14.2 Å². The molecule has 0 fully saturated rings. The van der Waals surface area contributed by atoms with E-state index in [1.165, 1.54) is 28.3 Å². The molecule has 11 aromatic carbocycles. The molecule has 2 aromatic heterocycles. The Bertz CT molecular complexity index is 4470. The summed E-state index contributed by atoms with van der Waals surface area (Å²) in [5.41, 5.74) is 22.1. The number of rotatable bonds is 8. The molecule has 13 aromatic rings. The number of aromatic nitrogens is 2. The SMILES string of the molecule is [C-]#[N+]c1cccc(-n2c3ccc(-c4cccc(C)c4)cc3c3cc(-c4cccc(C)c4)ccc32)c1-c1cc(-c2ccc(C(F)(F)F)cc2C)ccc1-n1c2ccc(-c3cccc(C)c3)cc2c2cc(-c3cccc(C)c3)ccc21. The van der Waals surface area contributed by atoms with Crippen LogP contribution in [0, 0.1) is 41.2 Å². The summed E-state index contributed by atoms with van der Waals surface area (Å²) in [5.74, 6) is 0. The van der Waals surface area contributed by atoms with E-state index >= 15 is 0 Å². The third kappa shape index (κ3) is 8.65. The first-order chi connectivity index (χ1) is 38.3. The van der Waals surface area contributed by atoms with Crippen LogP contribution in [0.1, 0.15) is 33.4 Å². The Morgan fingerprint density at radius 3 is 1.10 bits per heavy atom. The van der Waals surface area contributed by atoms with Crippen LogP contribution < -0.4 is 0 Å². The zero-order chi connectivity index (χ0) is 54.3. The fourth-order valence-electron chi connectivity index (χ4n) is 11.9. The van der Waals surface area contributed by atoms with Crippen molar-refractivity contribution in [3.05, 3.63) is 269 Å². The average molecular weight is 1030 g/mol. The Balaban J connectivity index is 1.12. The molecule has 0 amide bonds. The zero-order valence-corrected chi connectivity index (χ0v) is 44.3. The van der Waals surface area contributed by atoms with E-state index < -0.39 is 11.7 Å². The molecule has 13 rings (SSSR count). The lowest BCUT2D eigenvalue weighted by atomic mass is 9.92. The minimum Gasteiger partial charge on any atom is -0.310 e. The summed E-state index contributed by atoms with van der Waals surface area (Å²) in [5, 5.41) is 4.25. The second-order valence-corrected chi connectivity index (χ2v) is 21.1. The van der Waals surface area contributed by atoms with Gasteiger partial charge in [0.15, 0.2) is 5.69 Å². The molecule has 0 atom stereocenters. The molecule has 3 nitrogen and oxygen atoms in total. The molecule has 2 heterocycles. The van der Waals surface area contributed by atoms with Gasteiger partial charge in [-0.2, -0.15) is 13.2 Å². The van der Waals surface area contributed by atoms with E-state index in [0.29, 0.717) is 22.4 Å². The lowest BCUT2D eigenvalue weighted by Crippen LogP contribution is -2.05. The number of nitrogens with zero attached hydrogens (tertiary/aromatic N) is 3. The first-order valence-electron chi connectivity index (χ1n) is 26.6. The first kappa shape index (κ1) is 48.9. The number of halogens is 3. The maximum Gasteiger partial charge on any atom is 0.416 e. The van der Waals surface area contributed by atoms with Crippen molar-refractivity contribution in [2.24, 2.45) is 0 Å². The van der Waals surface area contributed by atoms with Gasteiger partial charge >= 0.3 is 6.18 Å². The molecule has 0 radical (unpaired) electrons. The minimum atomic E-state index is -4.50. The number of hydrogen-bond donors (Lipinski definition) is 0. The largest absolute Gasteiger partial charge is 0.416 e. The van der Waals surface area contributed by atoms with Crippen LogP contribution in [0.3, 0.4) is 0 Å². The summed E-state index contributed by atoms with van der Waals surface area (Å²) in [4.78, 5) is 4.31. The van der Waals surface area contributed by atoms with Gasteiger partial charge in [0, 0.05) is 32.8 Å². The average Bonchev–Trinajstić information content (AvgIpc) is 4.12. The summed E-state index contributed by atoms with van der Waals surface area (Å²) in [6.45, 7) is 19.1. The van der Waals surface area contributed by atoms with Crippen LogP contribution >= 0.6 is 0 Å². The molecule has 0 aliphatic carbocycles. The van der Waals surface area contributed by atoms with E-state index in [-0.39, 0.29) is 0 Å². The Kier molecular flexibility index (Phi) is 11.8. The molecule has 0 N–H and O–H groups in total. The van der Waals surface area contributed by atoms with Crippen LogP contribution in [-0.4, -0.2) is 9.13 Å². The summed E-state index contributed by atoms with van der Waals surface area (Å²) in [6, 6.07) is 77.0. The van der Waals surface area contributed by atoms with Gasteiger partial charge in [0.2, 0.25) is 0 Å². The molecule has 0 aliphatic heterocycles. The van der Waals surface area contributed by atoms with Gasteiger partial charge in [0.25, 0.3) is 0 Å². The third-order valence-corrected chi connectivity index (χ3v) is 15.7. The number of fused-ring (bicyclic) bond motifs is 6. The van der Waals surface area contributed by atoms with Crippen molar-refractivity contribution < 1.29 is 13.2 Å². The Labute approximate surface area is 457 Å². The van der Waals surface area contributed by atoms with E-state index in [0.717, 1.165) is 117 Å².